The fraction of sp³-hybridized carbons (Fsp3) is 0.867. The maximum Gasteiger partial charge on any atom is 0.236 e. The van der Waals surface area contributed by atoms with Crippen LogP contribution in [0.3, 0.4) is 0 Å². The molecule has 2 aliphatic heterocycles. The second kappa shape index (κ2) is 7.79. The Bertz CT molecular complexity index is 578. The number of carbonyl (C=O) groups is 2. The molecule has 2 atom stereocenters. The molecule has 8 nitrogen and oxygen atoms in total. The zero-order chi connectivity index (χ0) is 17.9. The molecule has 0 aromatic carbocycles. The van der Waals surface area contributed by atoms with Crippen molar-refractivity contribution in [3.05, 3.63) is 0 Å². The van der Waals surface area contributed by atoms with Crippen molar-refractivity contribution in [2.75, 3.05) is 58.4 Å². The van der Waals surface area contributed by atoms with E-state index in [0.717, 1.165) is 0 Å². The highest BCUT2D eigenvalue weighted by molar-refractivity contribution is 7.91. The van der Waals surface area contributed by atoms with Gasteiger partial charge in [0.2, 0.25) is 11.8 Å². The van der Waals surface area contributed by atoms with Gasteiger partial charge < -0.3 is 14.5 Å². The van der Waals surface area contributed by atoms with Crippen molar-refractivity contribution in [2.45, 2.75) is 25.4 Å². The van der Waals surface area contributed by atoms with Gasteiger partial charge >= 0.3 is 0 Å². The average molecular weight is 361 g/mol. The number of fused-ring (bicyclic) bond motifs is 1. The number of hydrogen-bond acceptors (Lipinski definition) is 6. The number of rotatable bonds is 6. The van der Waals surface area contributed by atoms with Crippen LogP contribution in [-0.4, -0.2) is 105 Å². The van der Waals surface area contributed by atoms with Crippen molar-refractivity contribution >= 4 is 21.7 Å². The summed E-state index contributed by atoms with van der Waals surface area (Å²) in [7, 11) is 0.157. The minimum absolute atomic E-state index is 0.00755. The monoisotopic (exact) mass is 361 g/mol. The van der Waals surface area contributed by atoms with E-state index in [9.17, 15) is 18.0 Å². The molecule has 0 aromatic heterocycles. The first-order valence-corrected chi connectivity index (χ1v) is 10.1. The van der Waals surface area contributed by atoms with Crippen LogP contribution in [0.4, 0.5) is 0 Å². The third-order valence-electron chi connectivity index (χ3n) is 4.61. The predicted molar refractivity (Wildman–Crippen MR) is 89.3 cm³/mol. The molecule has 24 heavy (non-hydrogen) atoms. The molecule has 0 unspecified atom stereocenters. The summed E-state index contributed by atoms with van der Waals surface area (Å²) in [6.07, 6.45) is 0.258. The molecule has 0 saturated carbocycles. The quantitative estimate of drug-likeness (QED) is 0.553. The van der Waals surface area contributed by atoms with Gasteiger partial charge in [0.25, 0.3) is 0 Å². The maximum atomic E-state index is 12.4. The van der Waals surface area contributed by atoms with Crippen LogP contribution in [0.1, 0.15) is 13.3 Å². The van der Waals surface area contributed by atoms with Crippen LogP contribution in [0.2, 0.25) is 0 Å². The molecular weight excluding hydrogens is 334 g/mol. The number of amides is 2. The second-order valence-electron chi connectivity index (χ2n) is 6.50. The van der Waals surface area contributed by atoms with Crippen LogP contribution in [-0.2, 0) is 24.2 Å². The first-order valence-electron chi connectivity index (χ1n) is 8.27. The molecule has 0 bridgehead atoms. The third-order valence-corrected chi connectivity index (χ3v) is 6.31. The Morgan fingerprint density at radius 2 is 1.83 bits per heavy atom. The molecular formula is C15H27N3O5S. The highest BCUT2D eigenvalue weighted by atomic mass is 32.2. The number of piperazine rings is 1. The summed E-state index contributed by atoms with van der Waals surface area (Å²) in [5.41, 5.74) is 0. The molecule has 138 valence electrons. The maximum absolute atomic E-state index is 12.4. The van der Waals surface area contributed by atoms with E-state index in [0.29, 0.717) is 26.3 Å². The lowest BCUT2D eigenvalue weighted by atomic mass is 10.0. The molecule has 2 rings (SSSR count). The average Bonchev–Trinajstić information content (AvgIpc) is 2.82. The van der Waals surface area contributed by atoms with Crippen LogP contribution in [0, 0.1) is 0 Å². The summed E-state index contributed by atoms with van der Waals surface area (Å²) < 4.78 is 29.4. The largest absolute Gasteiger partial charge is 0.381 e. The van der Waals surface area contributed by atoms with Crippen LogP contribution < -0.4 is 0 Å². The molecule has 2 heterocycles. The molecule has 9 heteroatoms. The normalized spacial score (nSPS) is 26.2. The van der Waals surface area contributed by atoms with Crippen molar-refractivity contribution in [3.63, 3.8) is 0 Å². The highest BCUT2D eigenvalue weighted by Crippen LogP contribution is 2.27. The Morgan fingerprint density at radius 1 is 1.17 bits per heavy atom. The number of likely N-dealkylation sites (N-methyl/N-ethyl adjacent to an activating group) is 1. The van der Waals surface area contributed by atoms with Gasteiger partial charge in [-0.1, -0.05) is 0 Å². The zero-order valence-corrected chi connectivity index (χ0v) is 15.4. The zero-order valence-electron chi connectivity index (χ0n) is 14.6. The van der Waals surface area contributed by atoms with Crippen LogP contribution in [0.15, 0.2) is 0 Å². The standard InChI is InChI=1S/C15H27N3O5S/c1-4-23-8-5-14(19)18-7-6-17(9-15(20)16(2)3)12-10-24(21,22)11-13(12)18/h12-13H,4-11H2,1-3H3/t12-,13+/m0/s1. The minimum atomic E-state index is -3.20. The fourth-order valence-electron chi connectivity index (χ4n) is 3.29. The summed E-state index contributed by atoms with van der Waals surface area (Å²) in [5.74, 6) is -0.151. The molecule has 2 aliphatic rings. The number of carbonyl (C=O) groups excluding carboxylic acids is 2. The van der Waals surface area contributed by atoms with Gasteiger partial charge in [-0.05, 0) is 6.92 Å². The molecule has 2 amide bonds. The van der Waals surface area contributed by atoms with Crippen molar-refractivity contribution < 1.29 is 22.7 Å². The molecule has 0 N–H and O–H groups in total. The number of ether oxygens (including phenoxy) is 1. The Hall–Kier alpha value is -1.19. The Kier molecular flexibility index (Phi) is 6.22. The third kappa shape index (κ3) is 4.46. The van der Waals surface area contributed by atoms with Gasteiger partial charge in [-0.3, -0.25) is 14.5 Å². The Labute approximate surface area is 143 Å². The van der Waals surface area contributed by atoms with E-state index in [4.69, 9.17) is 4.74 Å². The van der Waals surface area contributed by atoms with Crippen LogP contribution in [0.5, 0.6) is 0 Å². The van der Waals surface area contributed by atoms with E-state index in [1.165, 1.54) is 4.90 Å². The van der Waals surface area contributed by atoms with Gasteiger partial charge in [-0.2, -0.15) is 0 Å². The van der Waals surface area contributed by atoms with E-state index < -0.39 is 9.84 Å². The smallest absolute Gasteiger partial charge is 0.236 e. The van der Waals surface area contributed by atoms with Crippen molar-refractivity contribution in [3.8, 4) is 0 Å². The number of nitrogens with zero attached hydrogens (tertiary/aromatic N) is 3. The van der Waals surface area contributed by atoms with Crippen molar-refractivity contribution in [2.24, 2.45) is 0 Å². The van der Waals surface area contributed by atoms with Gasteiger partial charge in [-0.25, -0.2) is 8.42 Å². The van der Waals surface area contributed by atoms with Gasteiger partial charge in [0.05, 0.1) is 37.1 Å². The van der Waals surface area contributed by atoms with E-state index >= 15 is 0 Å². The molecule has 0 aromatic rings. The molecule has 2 fully saturated rings. The Balaban J connectivity index is 2.09. The molecule has 0 spiro atoms. The van der Waals surface area contributed by atoms with E-state index in [1.54, 1.807) is 19.0 Å². The topological polar surface area (TPSA) is 87.2 Å². The summed E-state index contributed by atoms with van der Waals surface area (Å²) in [5, 5.41) is 0. The molecule has 2 saturated heterocycles. The Morgan fingerprint density at radius 3 is 2.46 bits per heavy atom. The predicted octanol–water partition coefficient (Wildman–Crippen LogP) is -1.19. The van der Waals surface area contributed by atoms with Gasteiger partial charge in [-0.15, -0.1) is 0 Å². The van der Waals surface area contributed by atoms with Crippen LogP contribution in [0.25, 0.3) is 0 Å². The summed E-state index contributed by atoms with van der Waals surface area (Å²) in [6.45, 7) is 3.90. The molecule has 0 radical (unpaired) electrons. The van der Waals surface area contributed by atoms with E-state index in [-0.39, 0.29) is 48.4 Å². The lowest BCUT2D eigenvalue weighted by molar-refractivity contribution is -0.139. The number of hydrogen-bond donors (Lipinski definition) is 0. The summed E-state index contributed by atoms with van der Waals surface area (Å²) >= 11 is 0. The SMILES string of the molecule is CCOCCC(=O)N1CCN(CC(=O)N(C)C)[C@H]2CS(=O)(=O)C[C@H]21. The highest BCUT2D eigenvalue weighted by Gasteiger charge is 2.48. The van der Waals surface area contributed by atoms with E-state index in [2.05, 4.69) is 0 Å². The van der Waals surface area contributed by atoms with Gasteiger partial charge in [0.1, 0.15) is 0 Å². The lowest BCUT2D eigenvalue weighted by Gasteiger charge is -2.43. The van der Waals surface area contributed by atoms with Crippen molar-refractivity contribution in [1.29, 1.82) is 0 Å². The fourth-order valence-corrected chi connectivity index (χ4v) is 5.31. The van der Waals surface area contributed by atoms with Crippen LogP contribution >= 0.6 is 0 Å². The second-order valence-corrected chi connectivity index (χ2v) is 8.66. The van der Waals surface area contributed by atoms with Crippen molar-refractivity contribution in [1.82, 2.24) is 14.7 Å². The van der Waals surface area contributed by atoms with E-state index in [1.807, 2.05) is 11.8 Å². The summed E-state index contributed by atoms with van der Waals surface area (Å²) in [6, 6.07) is -0.670. The van der Waals surface area contributed by atoms with Gasteiger partial charge in [0.15, 0.2) is 9.84 Å². The summed E-state index contributed by atoms with van der Waals surface area (Å²) in [4.78, 5) is 29.5. The number of sulfone groups is 1. The minimum Gasteiger partial charge on any atom is -0.381 e. The lowest BCUT2D eigenvalue weighted by Crippen LogP contribution is -2.61. The first kappa shape index (κ1) is 19.1. The first-order chi connectivity index (χ1) is 11.2. The van der Waals surface area contributed by atoms with Gasteiger partial charge in [0, 0.05) is 39.8 Å². The molecule has 0 aliphatic carbocycles.